The average molecular weight is 420 g/mol. The summed E-state index contributed by atoms with van der Waals surface area (Å²) in [7, 11) is -0.692. The average Bonchev–Trinajstić information content (AvgIpc) is 2.74. The van der Waals surface area contributed by atoms with E-state index in [0.29, 0.717) is 11.5 Å². The number of nitrogens with zero attached hydrogens (tertiary/aromatic N) is 1. The van der Waals surface area contributed by atoms with E-state index < -0.39 is 21.4 Å². The quantitative estimate of drug-likeness (QED) is 0.565. The molecule has 2 rings (SSSR count). The molecule has 0 aliphatic rings. The zero-order valence-electron chi connectivity index (χ0n) is 17.2. The van der Waals surface area contributed by atoms with E-state index in [4.69, 9.17) is 9.47 Å². The van der Waals surface area contributed by atoms with Gasteiger partial charge in [-0.2, -0.15) is 4.31 Å². The Morgan fingerprint density at radius 3 is 1.69 bits per heavy atom. The van der Waals surface area contributed by atoms with E-state index >= 15 is 0 Å². The number of methoxy groups -OCH3 is 2. The van der Waals surface area contributed by atoms with Crippen molar-refractivity contribution in [3.05, 3.63) is 72.3 Å². The fraction of sp³-hybridized carbons (Fsp3) is 0.364. The fourth-order valence-corrected chi connectivity index (χ4v) is 4.72. The standard InChI is InChI=1S/C22H29NO5S/c1-5-14-22(2,17-24)29(25,26)23(15-18-6-10-20(27-3)11-7-18)16-19-8-12-21(28-4)13-9-19/h5-13,24H,1,14-17H2,2-4H3/t22-/m0/s1. The maximum Gasteiger partial charge on any atom is 0.222 e. The zero-order valence-corrected chi connectivity index (χ0v) is 18.0. The second kappa shape index (κ2) is 9.91. The van der Waals surface area contributed by atoms with Gasteiger partial charge in [-0.3, -0.25) is 0 Å². The molecule has 0 aliphatic heterocycles. The second-order valence-electron chi connectivity index (χ2n) is 7.07. The zero-order chi connectivity index (χ0) is 21.5. The van der Waals surface area contributed by atoms with Crippen molar-refractivity contribution in [2.45, 2.75) is 31.2 Å². The van der Waals surface area contributed by atoms with E-state index in [-0.39, 0.29) is 19.5 Å². The molecule has 1 atom stereocenters. The van der Waals surface area contributed by atoms with Crippen LogP contribution in [0.15, 0.2) is 61.2 Å². The van der Waals surface area contributed by atoms with E-state index in [1.54, 1.807) is 45.4 Å². The maximum absolute atomic E-state index is 13.5. The summed E-state index contributed by atoms with van der Waals surface area (Å²) in [5, 5.41) is 9.88. The van der Waals surface area contributed by atoms with E-state index in [9.17, 15) is 13.5 Å². The maximum atomic E-state index is 13.5. The van der Waals surface area contributed by atoms with Crippen LogP contribution in [0.4, 0.5) is 0 Å². The minimum absolute atomic E-state index is 0.146. The molecule has 0 amide bonds. The van der Waals surface area contributed by atoms with E-state index in [0.717, 1.165) is 11.1 Å². The molecule has 2 aromatic rings. The smallest absolute Gasteiger partial charge is 0.222 e. The fourth-order valence-electron chi connectivity index (χ4n) is 2.96. The summed E-state index contributed by atoms with van der Waals surface area (Å²) >= 11 is 0. The van der Waals surface area contributed by atoms with Gasteiger partial charge in [0.05, 0.1) is 20.8 Å². The number of hydrogen-bond acceptors (Lipinski definition) is 5. The Hall–Kier alpha value is -2.35. The largest absolute Gasteiger partial charge is 0.497 e. The molecule has 0 bridgehead atoms. The highest BCUT2D eigenvalue weighted by Crippen LogP contribution is 2.29. The molecule has 0 unspecified atom stereocenters. The number of sulfonamides is 1. The van der Waals surface area contributed by atoms with E-state index in [1.165, 1.54) is 10.4 Å². The van der Waals surface area contributed by atoms with Gasteiger partial charge in [0.2, 0.25) is 10.0 Å². The summed E-state index contributed by atoms with van der Waals surface area (Å²) in [6.45, 7) is 5.04. The van der Waals surface area contributed by atoms with Gasteiger partial charge >= 0.3 is 0 Å². The Bertz CT molecular complexity index is 844. The highest BCUT2D eigenvalue weighted by molar-refractivity contribution is 7.90. The van der Waals surface area contributed by atoms with Gasteiger partial charge in [0.25, 0.3) is 0 Å². The van der Waals surface area contributed by atoms with Crippen molar-refractivity contribution in [3.8, 4) is 11.5 Å². The number of ether oxygens (including phenoxy) is 2. The minimum atomic E-state index is -3.85. The molecule has 158 valence electrons. The molecule has 29 heavy (non-hydrogen) atoms. The van der Waals surface area contributed by atoms with Crippen molar-refractivity contribution >= 4 is 10.0 Å². The third-order valence-corrected chi connectivity index (χ3v) is 7.39. The molecule has 7 heteroatoms. The van der Waals surface area contributed by atoms with Crippen LogP contribution in [-0.2, 0) is 23.1 Å². The number of aliphatic hydroxyl groups is 1. The predicted molar refractivity (Wildman–Crippen MR) is 114 cm³/mol. The molecule has 2 aromatic carbocycles. The normalized spacial score (nSPS) is 13.7. The van der Waals surface area contributed by atoms with Gasteiger partial charge < -0.3 is 14.6 Å². The first-order chi connectivity index (χ1) is 13.8. The highest BCUT2D eigenvalue weighted by Gasteiger charge is 2.42. The van der Waals surface area contributed by atoms with Gasteiger partial charge in [-0.15, -0.1) is 6.58 Å². The van der Waals surface area contributed by atoms with Crippen LogP contribution in [0.2, 0.25) is 0 Å². The molecular weight excluding hydrogens is 390 g/mol. The number of benzene rings is 2. The minimum Gasteiger partial charge on any atom is -0.497 e. The molecule has 0 spiro atoms. The summed E-state index contributed by atoms with van der Waals surface area (Å²) in [6.07, 6.45) is 1.67. The molecule has 0 radical (unpaired) electrons. The number of allylic oxidation sites excluding steroid dienone is 1. The van der Waals surface area contributed by atoms with Gasteiger partial charge in [0.15, 0.2) is 0 Å². The van der Waals surface area contributed by atoms with E-state index in [2.05, 4.69) is 6.58 Å². The third-order valence-electron chi connectivity index (χ3n) is 4.91. The summed E-state index contributed by atoms with van der Waals surface area (Å²) in [5.74, 6) is 1.40. The van der Waals surface area contributed by atoms with Crippen LogP contribution in [0.3, 0.4) is 0 Å². The van der Waals surface area contributed by atoms with Gasteiger partial charge in [-0.1, -0.05) is 30.3 Å². The highest BCUT2D eigenvalue weighted by atomic mass is 32.2. The molecule has 0 fully saturated rings. The van der Waals surface area contributed by atoms with Gasteiger partial charge in [-0.25, -0.2) is 8.42 Å². The van der Waals surface area contributed by atoms with E-state index in [1.807, 2.05) is 24.3 Å². The Balaban J connectivity index is 2.40. The predicted octanol–water partition coefficient (Wildman–Crippen LogP) is 3.36. The Morgan fingerprint density at radius 1 is 0.966 bits per heavy atom. The molecule has 6 nitrogen and oxygen atoms in total. The first-order valence-corrected chi connectivity index (χ1v) is 10.7. The van der Waals surface area contributed by atoms with Crippen molar-refractivity contribution in [3.63, 3.8) is 0 Å². The third kappa shape index (κ3) is 5.38. The van der Waals surface area contributed by atoms with Crippen LogP contribution in [0.25, 0.3) is 0 Å². The molecule has 0 saturated carbocycles. The number of hydrogen-bond donors (Lipinski definition) is 1. The second-order valence-corrected chi connectivity index (χ2v) is 9.52. The van der Waals surface area contributed by atoms with Crippen molar-refractivity contribution in [1.29, 1.82) is 0 Å². The Labute approximate surface area is 173 Å². The van der Waals surface area contributed by atoms with Crippen LogP contribution in [0.5, 0.6) is 11.5 Å². The lowest BCUT2D eigenvalue weighted by molar-refractivity contribution is 0.240. The van der Waals surface area contributed by atoms with Crippen LogP contribution < -0.4 is 9.47 Å². The van der Waals surface area contributed by atoms with Gasteiger partial charge in [-0.05, 0) is 48.7 Å². The first-order valence-electron chi connectivity index (χ1n) is 9.27. The topological polar surface area (TPSA) is 76.1 Å². The summed E-state index contributed by atoms with van der Waals surface area (Å²) in [5.41, 5.74) is 1.64. The van der Waals surface area contributed by atoms with Crippen LogP contribution >= 0.6 is 0 Å². The van der Waals surface area contributed by atoms with Gasteiger partial charge in [0, 0.05) is 13.1 Å². The van der Waals surface area contributed by atoms with Gasteiger partial charge in [0.1, 0.15) is 16.2 Å². The van der Waals surface area contributed by atoms with Crippen molar-refractivity contribution in [1.82, 2.24) is 4.31 Å². The Kier molecular flexibility index (Phi) is 7.84. The lowest BCUT2D eigenvalue weighted by Crippen LogP contribution is -2.48. The first kappa shape index (κ1) is 22.9. The lowest BCUT2D eigenvalue weighted by Gasteiger charge is -2.33. The summed E-state index contributed by atoms with van der Waals surface area (Å²) < 4.78 is 37.4. The molecule has 0 saturated heterocycles. The summed E-state index contributed by atoms with van der Waals surface area (Å²) in [4.78, 5) is 0. The number of rotatable bonds is 11. The molecule has 1 N–H and O–H groups in total. The monoisotopic (exact) mass is 419 g/mol. The van der Waals surface area contributed by atoms with Crippen molar-refractivity contribution in [2.24, 2.45) is 0 Å². The van der Waals surface area contributed by atoms with Crippen LogP contribution in [-0.4, -0.2) is 43.4 Å². The molecule has 0 heterocycles. The van der Waals surface area contributed by atoms with Crippen LogP contribution in [0, 0.1) is 0 Å². The lowest BCUT2D eigenvalue weighted by atomic mass is 10.1. The molecule has 0 aromatic heterocycles. The number of aliphatic hydroxyl groups excluding tert-OH is 1. The molecule has 0 aliphatic carbocycles. The van der Waals surface area contributed by atoms with Crippen molar-refractivity contribution < 1.29 is 23.0 Å². The van der Waals surface area contributed by atoms with Crippen molar-refractivity contribution in [2.75, 3.05) is 20.8 Å². The SMILES string of the molecule is C=CC[C@@](C)(CO)S(=O)(=O)N(Cc1ccc(OC)cc1)Cc1ccc(OC)cc1. The Morgan fingerprint density at radius 2 is 1.38 bits per heavy atom. The molecular formula is C22H29NO5S. The summed E-state index contributed by atoms with van der Waals surface area (Å²) in [6, 6.07) is 14.5. The van der Waals surface area contributed by atoms with Crippen LogP contribution in [0.1, 0.15) is 24.5 Å².